The molecule has 0 bridgehead atoms. The van der Waals surface area contributed by atoms with Gasteiger partial charge in [0.2, 0.25) is 4.96 Å². The summed E-state index contributed by atoms with van der Waals surface area (Å²) in [6.07, 6.45) is -0.129. The molecule has 0 radical (unpaired) electrons. The van der Waals surface area contributed by atoms with Gasteiger partial charge in [-0.2, -0.15) is 0 Å². The molecule has 0 aliphatic heterocycles. The number of carbonyl (C=O) groups is 1. The van der Waals surface area contributed by atoms with Crippen LogP contribution in [0.4, 0.5) is 0 Å². The van der Waals surface area contributed by atoms with Crippen LogP contribution in [0.1, 0.15) is 17.0 Å². The number of aromatic nitrogens is 3. The van der Waals surface area contributed by atoms with E-state index in [2.05, 4.69) is 28.4 Å². The molecule has 0 spiro atoms. The van der Waals surface area contributed by atoms with Gasteiger partial charge in [0.15, 0.2) is 0 Å². The predicted molar refractivity (Wildman–Crippen MR) is 77.1 cm³/mol. The molecule has 5 nitrogen and oxygen atoms in total. The summed E-state index contributed by atoms with van der Waals surface area (Å²) in [6, 6.07) is 6.23. The van der Waals surface area contributed by atoms with Crippen LogP contribution < -0.4 is 0 Å². The maximum Gasteiger partial charge on any atom is 0.311 e. The molecule has 3 aromatic rings. The van der Waals surface area contributed by atoms with Crippen LogP contribution in [0.15, 0.2) is 23.6 Å². The lowest BCUT2D eigenvalue weighted by Crippen LogP contribution is -2.05. The Bertz CT molecular complexity index is 804. The van der Waals surface area contributed by atoms with E-state index in [4.69, 9.17) is 5.11 Å². The van der Waals surface area contributed by atoms with E-state index in [1.54, 1.807) is 0 Å². The molecule has 2 heterocycles. The minimum atomic E-state index is -0.905. The van der Waals surface area contributed by atoms with E-state index in [0.717, 1.165) is 27.3 Å². The molecule has 0 saturated heterocycles. The fourth-order valence-corrected chi connectivity index (χ4v) is 3.07. The number of carboxylic acid groups (broad SMARTS) is 1. The molecular weight excluding hydrogens is 274 g/mol. The zero-order chi connectivity index (χ0) is 14.3. The Hall–Kier alpha value is -2.21. The zero-order valence-corrected chi connectivity index (χ0v) is 11.9. The molecule has 0 atom stereocenters. The number of rotatable bonds is 3. The Kier molecular flexibility index (Phi) is 3.02. The summed E-state index contributed by atoms with van der Waals surface area (Å²) in [7, 11) is 0. The molecule has 1 N–H and O–H groups in total. The van der Waals surface area contributed by atoms with Crippen molar-refractivity contribution in [2.45, 2.75) is 20.3 Å². The first-order chi connectivity index (χ1) is 9.56. The van der Waals surface area contributed by atoms with E-state index in [-0.39, 0.29) is 6.42 Å². The van der Waals surface area contributed by atoms with Gasteiger partial charge >= 0.3 is 5.97 Å². The molecule has 0 unspecified atom stereocenters. The van der Waals surface area contributed by atoms with Crippen molar-refractivity contribution in [2.24, 2.45) is 0 Å². The number of fused-ring (bicyclic) bond motifs is 1. The maximum absolute atomic E-state index is 10.9. The summed E-state index contributed by atoms with van der Waals surface area (Å²) < 4.78 is 1.83. The Morgan fingerprint density at radius 3 is 2.90 bits per heavy atom. The Balaban J connectivity index is 2.23. The maximum atomic E-state index is 10.9. The Morgan fingerprint density at radius 1 is 1.35 bits per heavy atom. The molecule has 1 aromatic carbocycles. The van der Waals surface area contributed by atoms with E-state index in [0.29, 0.717) is 5.82 Å². The number of carboxylic acids is 1. The first-order valence-corrected chi connectivity index (χ1v) is 7.05. The third kappa shape index (κ3) is 2.08. The van der Waals surface area contributed by atoms with Crippen molar-refractivity contribution in [2.75, 3.05) is 0 Å². The summed E-state index contributed by atoms with van der Waals surface area (Å²) >= 11 is 1.47. The summed E-state index contributed by atoms with van der Waals surface area (Å²) in [5.41, 5.74) is 4.35. The minimum Gasteiger partial charge on any atom is -0.481 e. The first-order valence-electron chi connectivity index (χ1n) is 6.17. The highest BCUT2D eigenvalue weighted by molar-refractivity contribution is 7.15. The monoisotopic (exact) mass is 287 g/mol. The highest BCUT2D eigenvalue weighted by Crippen LogP contribution is 2.29. The average Bonchev–Trinajstić information content (AvgIpc) is 2.95. The van der Waals surface area contributed by atoms with Gasteiger partial charge in [-0.15, -0.1) is 21.5 Å². The summed E-state index contributed by atoms with van der Waals surface area (Å²) in [4.78, 5) is 11.6. The lowest BCUT2D eigenvalue weighted by Gasteiger charge is -2.07. The largest absolute Gasteiger partial charge is 0.481 e. The van der Waals surface area contributed by atoms with Gasteiger partial charge in [-0.05, 0) is 25.5 Å². The SMILES string of the molecule is Cc1ccc(C)c(-c2csc3nnc(CC(=O)O)n23)c1. The molecule has 102 valence electrons. The smallest absolute Gasteiger partial charge is 0.311 e. The van der Waals surface area contributed by atoms with Gasteiger partial charge in [-0.1, -0.05) is 17.7 Å². The number of hydrogen-bond acceptors (Lipinski definition) is 4. The fourth-order valence-electron chi connectivity index (χ4n) is 2.23. The van der Waals surface area contributed by atoms with E-state index in [1.807, 2.05) is 23.6 Å². The predicted octanol–water partition coefficient (Wildman–Crippen LogP) is 2.70. The van der Waals surface area contributed by atoms with E-state index < -0.39 is 5.97 Å². The number of benzene rings is 1. The molecule has 0 aliphatic rings. The molecule has 2 aromatic heterocycles. The second-order valence-electron chi connectivity index (χ2n) is 4.74. The number of thiazole rings is 1. The van der Waals surface area contributed by atoms with E-state index in [1.165, 1.54) is 11.3 Å². The first kappa shape index (κ1) is 12.8. The molecule has 0 fully saturated rings. The van der Waals surface area contributed by atoms with E-state index in [9.17, 15) is 4.79 Å². The quantitative estimate of drug-likeness (QED) is 0.804. The summed E-state index contributed by atoms with van der Waals surface area (Å²) in [6.45, 7) is 4.08. The minimum absolute atomic E-state index is 0.129. The van der Waals surface area contributed by atoms with Gasteiger partial charge in [-0.3, -0.25) is 9.20 Å². The number of hydrogen-bond donors (Lipinski definition) is 1. The van der Waals surface area contributed by atoms with Crippen LogP contribution in [0.2, 0.25) is 0 Å². The summed E-state index contributed by atoms with van der Waals surface area (Å²) in [5.74, 6) is -0.443. The third-order valence-electron chi connectivity index (χ3n) is 3.20. The highest BCUT2D eigenvalue weighted by atomic mass is 32.1. The molecule has 0 aliphatic carbocycles. The van der Waals surface area contributed by atoms with Crippen LogP contribution in [0.3, 0.4) is 0 Å². The standard InChI is InChI=1S/C14H13N3O2S/c1-8-3-4-9(2)10(5-8)11-7-20-14-16-15-12(17(11)14)6-13(18)19/h3-5,7H,6H2,1-2H3,(H,18,19). The number of nitrogens with zero attached hydrogens (tertiary/aromatic N) is 3. The Labute approximate surface area is 119 Å². The van der Waals surface area contributed by atoms with Crippen LogP contribution in [0.5, 0.6) is 0 Å². The van der Waals surface area contributed by atoms with Gasteiger partial charge in [0, 0.05) is 10.9 Å². The normalized spacial score (nSPS) is 11.1. The second kappa shape index (κ2) is 4.72. The molecule has 0 amide bonds. The molecule has 6 heteroatoms. The molecular formula is C14H13N3O2S. The summed E-state index contributed by atoms with van der Waals surface area (Å²) in [5, 5.41) is 19.0. The van der Waals surface area contributed by atoms with Gasteiger partial charge < -0.3 is 5.11 Å². The van der Waals surface area contributed by atoms with Gasteiger partial charge in [-0.25, -0.2) is 0 Å². The van der Waals surface area contributed by atoms with Crippen LogP contribution in [-0.2, 0) is 11.2 Å². The third-order valence-corrected chi connectivity index (χ3v) is 4.01. The molecule has 20 heavy (non-hydrogen) atoms. The average molecular weight is 287 g/mol. The van der Waals surface area contributed by atoms with Crippen LogP contribution >= 0.6 is 11.3 Å². The highest BCUT2D eigenvalue weighted by Gasteiger charge is 2.16. The van der Waals surface area contributed by atoms with Crippen molar-refractivity contribution < 1.29 is 9.90 Å². The number of aryl methyl sites for hydroxylation is 2. The van der Waals surface area contributed by atoms with Gasteiger partial charge in [0.05, 0.1) is 5.69 Å². The van der Waals surface area contributed by atoms with Gasteiger partial charge in [0.1, 0.15) is 12.2 Å². The van der Waals surface area contributed by atoms with Crippen LogP contribution in [0.25, 0.3) is 16.2 Å². The fraction of sp³-hybridized carbons (Fsp3) is 0.214. The van der Waals surface area contributed by atoms with Crippen molar-refractivity contribution in [1.29, 1.82) is 0 Å². The Morgan fingerprint density at radius 2 is 2.15 bits per heavy atom. The van der Waals surface area contributed by atoms with Crippen LogP contribution in [-0.4, -0.2) is 25.7 Å². The molecule has 0 saturated carbocycles. The van der Waals surface area contributed by atoms with Crippen molar-refractivity contribution in [3.05, 3.63) is 40.5 Å². The van der Waals surface area contributed by atoms with Crippen molar-refractivity contribution in [3.63, 3.8) is 0 Å². The van der Waals surface area contributed by atoms with Crippen molar-refractivity contribution in [3.8, 4) is 11.3 Å². The lowest BCUT2D eigenvalue weighted by atomic mass is 10.0. The van der Waals surface area contributed by atoms with E-state index >= 15 is 0 Å². The van der Waals surface area contributed by atoms with Crippen molar-refractivity contribution in [1.82, 2.24) is 14.6 Å². The second-order valence-corrected chi connectivity index (χ2v) is 5.58. The topological polar surface area (TPSA) is 67.5 Å². The lowest BCUT2D eigenvalue weighted by molar-refractivity contribution is -0.136. The van der Waals surface area contributed by atoms with Gasteiger partial charge in [0.25, 0.3) is 0 Å². The number of aliphatic carboxylic acids is 1. The zero-order valence-electron chi connectivity index (χ0n) is 11.1. The van der Waals surface area contributed by atoms with Crippen molar-refractivity contribution >= 4 is 22.3 Å². The van der Waals surface area contributed by atoms with Crippen LogP contribution in [0, 0.1) is 13.8 Å². The molecule has 3 rings (SSSR count).